The van der Waals surface area contributed by atoms with Crippen LogP contribution in [0.1, 0.15) is 40.4 Å². The van der Waals surface area contributed by atoms with E-state index in [4.69, 9.17) is 11.6 Å². The summed E-state index contributed by atoms with van der Waals surface area (Å²) in [5.74, 6) is 0.684. The van der Waals surface area contributed by atoms with Crippen molar-refractivity contribution in [3.8, 4) is 0 Å². The number of halogens is 1. The molecule has 0 saturated carbocycles. The molecular weight excluding hydrogens is 398 g/mol. The average molecular weight is 422 g/mol. The summed E-state index contributed by atoms with van der Waals surface area (Å²) < 4.78 is 0. The molecule has 0 amide bonds. The lowest BCUT2D eigenvalue weighted by molar-refractivity contribution is 0.0993. The Hall–Kier alpha value is -2.99. The van der Waals surface area contributed by atoms with E-state index in [9.17, 15) is 4.79 Å². The number of nitrogens with zero attached hydrogens (tertiary/aromatic N) is 5. The molecule has 4 rings (SSSR count). The van der Waals surface area contributed by atoms with Gasteiger partial charge in [-0.3, -0.25) is 4.79 Å². The highest BCUT2D eigenvalue weighted by molar-refractivity contribution is 6.34. The Bertz CT molecular complexity index is 1120. The van der Waals surface area contributed by atoms with Gasteiger partial charge in [0.15, 0.2) is 5.78 Å². The Balaban J connectivity index is 1.50. The fraction of sp³-hybridized carbons (Fsp3) is 0.304. The van der Waals surface area contributed by atoms with E-state index >= 15 is 0 Å². The second-order valence-electron chi connectivity index (χ2n) is 7.79. The van der Waals surface area contributed by atoms with Crippen LogP contribution in [0.4, 0.5) is 5.95 Å². The van der Waals surface area contributed by atoms with Crippen LogP contribution in [0.15, 0.2) is 48.0 Å². The number of aryl methyl sites for hydroxylation is 2. The van der Waals surface area contributed by atoms with E-state index in [0.717, 1.165) is 36.2 Å². The van der Waals surface area contributed by atoms with E-state index in [1.54, 1.807) is 13.1 Å². The third-order valence-corrected chi connectivity index (χ3v) is 5.82. The van der Waals surface area contributed by atoms with Crippen molar-refractivity contribution in [3.63, 3.8) is 0 Å². The molecule has 0 radical (unpaired) electrons. The predicted molar refractivity (Wildman–Crippen MR) is 119 cm³/mol. The van der Waals surface area contributed by atoms with E-state index in [0.29, 0.717) is 23.0 Å². The largest absolute Gasteiger partial charge is 0.334 e. The molecule has 2 aromatic carbocycles. The van der Waals surface area contributed by atoms with Gasteiger partial charge in [-0.1, -0.05) is 58.2 Å². The Morgan fingerprint density at radius 2 is 1.90 bits per heavy atom. The fourth-order valence-corrected chi connectivity index (χ4v) is 3.95. The van der Waals surface area contributed by atoms with Crippen LogP contribution in [-0.2, 0) is 13.5 Å². The van der Waals surface area contributed by atoms with Crippen molar-refractivity contribution in [2.24, 2.45) is 7.05 Å². The number of rotatable bonds is 5. The minimum atomic E-state index is 0.0319. The normalized spacial score (nSPS) is 14.3. The molecule has 0 N–H and O–H groups in total. The Kier molecular flexibility index (Phi) is 5.68. The van der Waals surface area contributed by atoms with Crippen LogP contribution in [0.2, 0.25) is 5.02 Å². The summed E-state index contributed by atoms with van der Waals surface area (Å²) in [5, 5.41) is 12.9. The molecule has 0 unspecified atom stereocenters. The van der Waals surface area contributed by atoms with Crippen LogP contribution >= 0.6 is 11.6 Å². The first-order valence-corrected chi connectivity index (χ1v) is 10.3. The van der Waals surface area contributed by atoms with Crippen molar-refractivity contribution in [1.82, 2.24) is 20.2 Å². The molecule has 7 heteroatoms. The van der Waals surface area contributed by atoms with Gasteiger partial charge in [0.2, 0.25) is 0 Å². The van der Waals surface area contributed by atoms with Crippen molar-refractivity contribution in [2.45, 2.75) is 26.7 Å². The molecule has 30 heavy (non-hydrogen) atoms. The predicted octanol–water partition coefficient (Wildman–Crippen LogP) is 4.28. The van der Waals surface area contributed by atoms with Gasteiger partial charge in [0.1, 0.15) is 0 Å². The van der Waals surface area contributed by atoms with Crippen molar-refractivity contribution in [3.05, 3.63) is 75.3 Å². The number of ketones is 1. The number of Topliss-reactive ketones (excluding diaryl/α,β-unsaturated/α-hetero) is 1. The number of aromatic nitrogens is 4. The standard InChI is InChI=1S/C23H24ClN5O/c1-15-4-9-21(24)19(12-15)22(30)13-17-5-7-18(8-6-17)20-14-29(11-10-16(20)2)23-25-27-28(3)26-23/h4-9,12H,10-11,13-14H2,1-3H3. The first-order chi connectivity index (χ1) is 14.4. The first-order valence-electron chi connectivity index (χ1n) is 9.97. The third-order valence-electron chi connectivity index (χ3n) is 5.49. The lowest BCUT2D eigenvalue weighted by Gasteiger charge is -2.29. The third kappa shape index (κ3) is 4.28. The molecule has 6 nitrogen and oxygen atoms in total. The van der Waals surface area contributed by atoms with Gasteiger partial charge in [-0.05, 0) is 54.3 Å². The number of anilines is 1. The molecule has 0 bridgehead atoms. The monoisotopic (exact) mass is 421 g/mol. The molecule has 154 valence electrons. The van der Waals surface area contributed by atoms with Gasteiger partial charge in [0.05, 0.1) is 12.1 Å². The number of hydrogen-bond acceptors (Lipinski definition) is 5. The van der Waals surface area contributed by atoms with E-state index in [-0.39, 0.29) is 5.78 Å². The molecule has 1 aromatic heterocycles. The number of hydrogen-bond donors (Lipinski definition) is 0. The van der Waals surface area contributed by atoms with Crippen LogP contribution < -0.4 is 4.90 Å². The van der Waals surface area contributed by atoms with Gasteiger partial charge in [0.25, 0.3) is 5.95 Å². The molecule has 0 atom stereocenters. The molecule has 2 heterocycles. The van der Waals surface area contributed by atoms with Crippen molar-refractivity contribution >= 4 is 28.9 Å². The van der Waals surface area contributed by atoms with Crippen LogP contribution in [0.5, 0.6) is 0 Å². The topological polar surface area (TPSA) is 63.9 Å². The highest BCUT2D eigenvalue weighted by Crippen LogP contribution is 2.28. The molecule has 0 spiro atoms. The maximum absolute atomic E-state index is 12.7. The second kappa shape index (κ2) is 8.40. The first kappa shape index (κ1) is 20.3. The smallest absolute Gasteiger partial charge is 0.266 e. The Labute approximate surface area is 181 Å². The Morgan fingerprint density at radius 3 is 2.60 bits per heavy atom. The highest BCUT2D eigenvalue weighted by Gasteiger charge is 2.21. The van der Waals surface area contributed by atoms with Crippen LogP contribution in [-0.4, -0.2) is 39.1 Å². The van der Waals surface area contributed by atoms with Gasteiger partial charge in [-0.25, -0.2) is 0 Å². The zero-order valence-corrected chi connectivity index (χ0v) is 18.1. The van der Waals surface area contributed by atoms with Crippen LogP contribution in [0.3, 0.4) is 0 Å². The lowest BCUT2D eigenvalue weighted by Crippen LogP contribution is -2.31. The van der Waals surface area contributed by atoms with Gasteiger partial charge in [-0.2, -0.15) is 4.80 Å². The molecular formula is C23H24ClN5O. The van der Waals surface area contributed by atoms with Crippen LogP contribution in [0, 0.1) is 6.92 Å². The maximum atomic E-state index is 12.7. The van der Waals surface area contributed by atoms with E-state index < -0.39 is 0 Å². The number of tetrazole rings is 1. The Morgan fingerprint density at radius 1 is 1.13 bits per heavy atom. The van der Waals surface area contributed by atoms with Crippen molar-refractivity contribution in [1.29, 1.82) is 0 Å². The summed E-state index contributed by atoms with van der Waals surface area (Å²) >= 11 is 6.22. The molecule has 0 saturated heterocycles. The second-order valence-corrected chi connectivity index (χ2v) is 8.20. The number of carbonyl (C=O) groups excluding carboxylic acids is 1. The van der Waals surface area contributed by atoms with Crippen molar-refractivity contribution < 1.29 is 4.79 Å². The molecule has 3 aromatic rings. The summed E-state index contributed by atoms with van der Waals surface area (Å²) in [6.45, 7) is 5.76. The highest BCUT2D eigenvalue weighted by atomic mass is 35.5. The van der Waals surface area contributed by atoms with Gasteiger partial charge in [0, 0.05) is 25.1 Å². The summed E-state index contributed by atoms with van der Waals surface area (Å²) in [7, 11) is 1.77. The quantitative estimate of drug-likeness (QED) is 0.575. The summed E-state index contributed by atoms with van der Waals surface area (Å²) in [4.78, 5) is 16.3. The van der Waals surface area contributed by atoms with Crippen molar-refractivity contribution in [2.75, 3.05) is 18.0 Å². The summed E-state index contributed by atoms with van der Waals surface area (Å²) in [6.07, 6.45) is 1.29. The van der Waals surface area contributed by atoms with E-state index in [1.807, 2.05) is 31.2 Å². The summed E-state index contributed by atoms with van der Waals surface area (Å²) in [5.41, 5.74) is 6.38. The average Bonchev–Trinajstić information content (AvgIpc) is 3.17. The minimum absolute atomic E-state index is 0.0319. The van der Waals surface area contributed by atoms with Crippen LogP contribution in [0.25, 0.3) is 5.57 Å². The fourth-order valence-electron chi connectivity index (χ4n) is 3.72. The number of carbonyl (C=O) groups is 1. The molecule has 0 fully saturated rings. The van der Waals surface area contributed by atoms with Gasteiger partial charge < -0.3 is 4.90 Å². The molecule has 1 aliphatic heterocycles. The number of benzene rings is 2. The molecule has 0 aliphatic carbocycles. The van der Waals surface area contributed by atoms with Gasteiger partial charge >= 0.3 is 0 Å². The lowest BCUT2D eigenvalue weighted by atomic mass is 9.93. The molecule has 1 aliphatic rings. The SMILES string of the molecule is CC1=C(c2ccc(CC(=O)c3cc(C)ccc3Cl)cc2)CN(c2nnn(C)n2)CC1. The van der Waals surface area contributed by atoms with E-state index in [2.05, 4.69) is 39.4 Å². The zero-order valence-electron chi connectivity index (χ0n) is 17.4. The zero-order chi connectivity index (χ0) is 21.3. The summed E-state index contributed by atoms with van der Waals surface area (Å²) in [6, 6.07) is 13.8. The van der Waals surface area contributed by atoms with Gasteiger partial charge in [-0.15, -0.1) is 5.10 Å². The van der Waals surface area contributed by atoms with E-state index in [1.165, 1.54) is 15.9 Å². The minimum Gasteiger partial charge on any atom is -0.334 e. The maximum Gasteiger partial charge on any atom is 0.266 e.